The summed E-state index contributed by atoms with van der Waals surface area (Å²) in [5, 5.41) is 1.05. The van der Waals surface area contributed by atoms with Crippen LogP contribution < -0.4 is 5.73 Å². The lowest BCUT2D eigenvalue weighted by Crippen LogP contribution is -2.09. The van der Waals surface area contributed by atoms with Gasteiger partial charge < -0.3 is 10.3 Å². The Morgan fingerprint density at radius 2 is 1.81 bits per heavy atom. The number of hydrogen-bond donors (Lipinski definition) is 1. The minimum absolute atomic E-state index is 0.0706. The molecular formula is C18H24N2O. The second-order valence-corrected chi connectivity index (χ2v) is 7.28. The maximum absolute atomic E-state index is 13.0. The zero-order valence-corrected chi connectivity index (χ0v) is 13.3. The third-order valence-electron chi connectivity index (χ3n) is 5.71. The van der Waals surface area contributed by atoms with Crippen molar-refractivity contribution < 1.29 is 4.79 Å². The van der Waals surface area contributed by atoms with Crippen LogP contribution in [0.4, 0.5) is 0 Å². The molecule has 2 aromatic rings. The number of aromatic nitrogens is 1. The van der Waals surface area contributed by atoms with Gasteiger partial charge in [0.25, 0.3) is 0 Å². The Balaban J connectivity index is 2.08. The van der Waals surface area contributed by atoms with Gasteiger partial charge in [-0.3, -0.25) is 4.79 Å². The third kappa shape index (κ3) is 1.87. The molecule has 1 aromatic heterocycles. The van der Waals surface area contributed by atoms with Crippen LogP contribution in [-0.2, 0) is 6.54 Å². The molecule has 1 heterocycles. The Morgan fingerprint density at radius 1 is 1.19 bits per heavy atom. The predicted molar refractivity (Wildman–Crippen MR) is 86.4 cm³/mol. The van der Waals surface area contributed by atoms with E-state index in [0.717, 1.165) is 23.0 Å². The second kappa shape index (κ2) is 4.44. The van der Waals surface area contributed by atoms with Crippen LogP contribution in [0.1, 0.15) is 38.1 Å². The van der Waals surface area contributed by atoms with Gasteiger partial charge in [0.05, 0.1) is 0 Å². The maximum atomic E-state index is 13.0. The predicted octanol–water partition coefficient (Wildman–Crippen LogP) is 3.46. The van der Waals surface area contributed by atoms with Crippen molar-refractivity contribution in [1.82, 2.24) is 4.57 Å². The van der Waals surface area contributed by atoms with Crippen LogP contribution in [0, 0.1) is 16.7 Å². The summed E-state index contributed by atoms with van der Waals surface area (Å²) in [6, 6.07) is 8.10. The van der Waals surface area contributed by atoms with Crippen molar-refractivity contribution in [3.05, 3.63) is 36.0 Å². The topological polar surface area (TPSA) is 48.0 Å². The number of nitrogens with zero attached hydrogens (tertiary/aromatic N) is 1. The highest BCUT2D eigenvalue weighted by Crippen LogP contribution is 2.69. The standard InChI is InChI=1S/C18H24N2O/c1-17(2)16(18(17,3)4)15(21)13-11-20(10-9-19)14-8-6-5-7-12(13)14/h5-8,11,16H,9-10,19H2,1-4H3. The number of hydrogen-bond acceptors (Lipinski definition) is 2. The minimum atomic E-state index is 0.0706. The number of carbonyl (C=O) groups is 1. The van der Waals surface area contributed by atoms with E-state index in [1.165, 1.54) is 0 Å². The third-order valence-corrected chi connectivity index (χ3v) is 5.71. The lowest BCUT2D eigenvalue weighted by Gasteiger charge is -2.03. The molecular weight excluding hydrogens is 260 g/mol. The van der Waals surface area contributed by atoms with Gasteiger partial charge >= 0.3 is 0 Å². The summed E-state index contributed by atoms with van der Waals surface area (Å²) < 4.78 is 2.10. The molecule has 1 aromatic carbocycles. The van der Waals surface area contributed by atoms with Crippen LogP contribution in [0.15, 0.2) is 30.5 Å². The molecule has 0 amide bonds. The van der Waals surface area contributed by atoms with Gasteiger partial charge in [-0.05, 0) is 16.9 Å². The Kier molecular flexibility index (Phi) is 3.03. The van der Waals surface area contributed by atoms with Crippen molar-refractivity contribution in [3.63, 3.8) is 0 Å². The fourth-order valence-corrected chi connectivity index (χ4v) is 3.77. The van der Waals surface area contributed by atoms with E-state index in [9.17, 15) is 4.79 Å². The van der Waals surface area contributed by atoms with E-state index in [2.05, 4.69) is 38.3 Å². The second-order valence-electron chi connectivity index (χ2n) is 7.28. The Labute approximate surface area is 126 Å². The first-order valence-corrected chi connectivity index (χ1v) is 7.64. The van der Waals surface area contributed by atoms with E-state index in [0.29, 0.717) is 6.54 Å². The van der Waals surface area contributed by atoms with Crippen LogP contribution in [0.5, 0.6) is 0 Å². The van der Waals surface area contributed by atoms with Gasteiger partial charge in [-0.25, -0.2) is 0 Å². The first-order chi connectivity index (χ1) is 9.82. The smallest absolute Gasteiger partial charge is 0.169 e. The molecule has 3 heteroatoms. The molecule has 0 unspecified atom stereocenters. The average molecular weight is 284 g/mol. The number of carbonyl (C=O) groups excluding carboxylic acids is 1. The number of rotatable bonds is 4. The van der Waals surface area contributed by atoms with E-state index >= 15 is 0 Å². The highest BCUT2D eigenvalue weighted by atomic mass is 16.1. The van der Waals surface area contributed by atoms with Gasteiger partial charge in [-0.1, -0.05) is 45.9 Å². The molecule has 2 N–H and O–H groups in total. The summed E-state index contributed by atoms with van der Waals surface area (Å²) in [6.45, 7) is 10.1. The number of para-hydroxylation sites is 1. The number of Topliss-reactive ketones (excluding diaryl/α,β-unsaturated/α-hetero) is 1. The lowest BCUT2D eigenvalue weighted by molar-refractivity contribution is 0.0946. The number of nitrogens with two attached hydrogens (primary N) is 1. The van der Waals surface area contributed by atoms with Crippen molar-refractivity contribution in [2.45, 2.75) is 34.2 Å². The summed E-state index contributed by atoms with van der Waals surface area (Å²) in [5.41, 5.74) is 7.78. The van der Waals surface area contributed by atoms with E-state index in [-0.39, 0.29) is 22.5 Å². The van der Waals surface area contributed by atoms with E-state index in [4.69, 9.17) is 5.73 Å². The van der Waals surface area contributed by atoms with Crippen LogP contribution in [0.3, 0.4) is 0 Å². The highest BCUT2D eigenvalue weighted by Gasteiger charge is 2.68. The minimum Gasteiger partial charge on any atom is -0.345 e. The van der Waals surface area contributed by atoms with Crippen LogP contribution in [0.2, 0.25) is 0 Å². The molecule has 1 aliphatic rings. The SMILES string of the molecule is CC1(C)C(C(=O)c2cn(CCN)c3ccccc23)C1(C)C. The number of benzene rings is 1. The van der Waals surface area contributed by atoms with Crippen LogP contribution in [0.25, 0.3) is 10.9 Å². The molecule has 112 valence electrons. The molecule has 1 fully saturated rings. The van der Waals surface area contributed by atoms with Crippen molar-refractivity contribution in [1.29, 1.82) is 0 Å². The summed E-state index contributed by atoms with van der Waals surface area (Å²) in [7, 11) is 0. The monoisotopic (exact) mass is 284 g/mol. The summed E-state index contributed by atoms with van der Waals surface area (Å²) in [4.78, 5) is 13.0. The molecule has 0 bridgehead atoms. The zero-order valence-electron chi connectivity index (χ0n) is 13.3. The van der Waals surface area contributed by atoms with Gasteiger partial charge in [0.1, 0.15) is 0 Å². The fraction of sp³-hybridized carbons (Fsp3) is 0.500. The van der Waals surface area contributed by atoms with Crippen molar-refractivity contribution >= 4 is 16.7 Å². The van der Waals surface area contributed by atoms with Gasteiger partial charge in [0, 0.05) is 41.7 Å². The normalized spacial score (nSPS) is 19.9. The van der Waals surface area contributed by atoms with Crippen molar-refractivity contribution in [2.75, 3.05) is 6.54 Å². The molecule has 1 saturated carbocycles. The summed E-state index contributed by atoms with van der Waals surface area (Å²) >= 11 is 0. The Morgan fingerprint density at radius 3 is 2.38 bits per heavy atom. The summed E-state index contributed by atoms with van der Waals surface area (Å²) in [6.07, 6.45) is 1.99. The van der Waals surface area contributed by atoms with Crippen LogP contribution >= 0.6 is 0 Å². The van der Waals surface area contributed by atoms with Gasteiger partial charge in [0.2, 0.25) is 0 Å². The molecule has 0 aliphatic heterocycles. The quantitative estimate of drug-likeness (QED) is 0.874. The number of ketones is 1. The Bertz CT molecular complexity index is 695. The van der Waals surface area contributed by atoms with Gasteiger partial charge in [0.15, 0.2) is 5.78 Å². The lowest BCUT2D eigenvalue weighted by atomic mass is 10.0. The molecule has 3 rings (SSSR count). The molecule has 21 heavy (non-hydrogen) atoms. The Hall–Kier alpha value is -1.61. The average Bonchev–Trinajstić information content (AvgIpc) is 2.72. The maximum Gasteiger partial charge on any atom is 0.169 e. The molecule has 0 atom stereocenters. The first-order valence-electron chi connectivity index (χ1n) is 7.64. The first kappa shape index (κ1) is 14.3. The van der Waals surface area contributed by atoms with E-state index < -0.39 is 0 Å². The highest BCUT2D eigenvalue weighted by molar-refractivity contribution is 6.11. The number of fused-ring (bicyclic) bond motifs is 1. The fourth-order valence-electron chi connectivity index (χ4n) is 3.77. The van der Waals surface area contributed by atoms with E-state index in [1.807, 2.05) is 24.4 Å². The van der Waals surface area contributed by atoms with E-state index in [1.54, 1.807) is 0 Å². The largest absolute Gasteiger partial charge is 0.345 e. The molecule has 0 radical (unpaired) electrons. The summed E-state index contributed by atoms with van der Waals surface area (Å²) in [5.74, 6) is 0.374. The van der Waals surface area contributed by atoms with Crippen LogP contribution in [-0.4, -0.2) is 16.9 Å². The molecule has 0 spiro atoms. The van der Waals surface area contributed by atoms with Crippen molar-refractivity contribution in [2.24, 2.45) is 22.5 Å². The molecule has 0 saturated heterocycles. The molecule has 3 nitrogen and oxygen atoms in total. The van der Waals surface area contributed by atoms with Gasteiger partial charge in [-0.15, -0.1) is 0 Å². The van der Waals surface area contributed by atoms with Crippen molar-refractivity contribution in [3.8, 4) is 0 Å². The van der Waals surface area contributed by atoms with Gasteiger partial charge in [-0.2, -0.15) is 0 Å². The molecule has 1 aliphatic carbocycles. The zero-order chi connectivity index (χ0) is 15.4.